The zero-order chi connectivity index (χ0) is 10.7. The first-order valence-corrected chi connectivity index (χ1v) is 5.83. The van der Waals surface area contributed by atoms with Gasteiger partial charge in [0.2, 0.25) is 0 Å². The molecule has 2 rings (SSSR count). The Morgan fingerprint density at radius 1 is 1.33 bits per heavy atom. The first kappa shape index (κ1) is 10.4. The highest BCUT2D eigenvalue weighted by molar-refractivity contribution is 5.35. The molecule has 0 unspecified atom stereocenters. The molecule has 0 aliphatic heterocycles. The van der Waals surface area contributed by atoms with Gasteiger partial charge in [0.15, 0.2) is 0 Å². The molecule has 1 N–H and O–H groups in total. The molecule has 1 aliphatic rings. The normalized spacial score (nSPS) is 17.5. The zero-order valence-corrected chi connectivity index (χ0v) is 9.58. The molecular weight excluding hydrogens is 186 g/mol. The highest BCUT2D eigenvalue weighted by Crippen LogP contribution is 2.48. The van der Waals surface area contributed by atoms with Gasteiger partial charge in [0, 0.05) is 18.3 Å². The van der Waals surface area contributed by atoms with E-state index >= 15 is 0 Å². The molecule has 0 saturated heterocycles. The summed E-state index contributed by atoms with van der Waals surface area (Å²) in [5.74, 6) is 0.974. The van der Waals surface area contributed by atoms with Crippen LogP contribution in [0.5, 0.6) is 0 Å². The molecule has 1 fully saturated rings. The fourth-order valence-corrected chi connectivity index (χ4v) is 1.80. The Morgan fingerprint density at radius 3 is 2.73 bits per heavy atom. The minimum Gasteiger partial charge on any atom is -0.369 e. The van der Waals surface area contributed by atoms with Crippen molar-refractivity contribution in [2.45, 2.75) is 39.5 Å². The molecule has 1 aliphatic carbocycles. The maximum atomic E-state index is 4.23. The third-order valence-electron chi connectivity index (χ3n) is 3.44. The van der Waals surface area contributed by atoms with E-state index in [2.05, 4.69) is 29.1 Å². The van der Waals surface area contributed by atoms with Gasteiger partial charge in [0.05, 0.1) is 0 Å². The van der Waals surface area contributed by atoms with Gasteiger partial charge in [0.1, 0.15) is 12.1 Å². The molecule has 82 valence electrons. The number of aromatic nitrogens is 2. The summed E-state index contributed by atoms with van der Waals surface area (Å²) in [4.78, 5) is 8.42. The van der Waals surface area contributed by atoms with E-state index in [1.807, 2.05) is 6.07 Å². The summed E-state index contributed by atoms with van der Waals surface area (Å²) in [7, 11) is 0. The molecule has 3 nitrogen and oxygen atoms in total. The van der Waals surface area contributed by atoms with Crippen LogP contribution in [0.25, 0.3) is 0 Å². The second kappa shape index (κ2) is 4.17. The average Bonchev–Trinajstić information content (AvgIpc) is 3.07. The van der Waals surface area contributed by atoms with Gasteiger partial charge < -0.3 is 5.32 Å². The zero-order valence-electron chi connectivity index (χ0n) is 9.58. The van der Waals surface area contributed by atoms with Gasteiger partial charge in [0.25, 0.3) is 0 Å². The van der Waals surface area contributed by atoms with Gasteiger partial charge in [-0.2, -0.15) is 0 Å². The number of hydrogen-bond acceptors (Lipinski definition) is 3. The second-order valence-corrected chi connectivity index (χ2v) is 4.46. The van der Waals surface area contributed by atoms with Gasteiger partial charge >= 0.3 is 0 Å². The van der Waals surface area contributed by atoms with Crippen molar-refractivity contribution in [3.05, 3.63) is 18.1 Å². The average molecular weight is 205 g/mol. The molecule has 0 bridgehead atoms. The fourth-order valence-electron chi connectivity index (χ4n) is 1.80. The Balaban J connectivity index is 1.93. The van der Waals surface area contributed by atoms with Gasteiger partial charge in [-0.25, -0.2) is 9.97 Å². The van der Waals surface area contributed by atoms with Crippen LogP contribution in [0.4, 0.5) is 5.82 Å². The number of nitrogens with one attached hydrogen (secondary N) is 1. The van der Waals surface area contributed by atoms with E-state index in [1.54, 1.807) is 6.33 Å². The van der Waals surface area contributed by atoms with Gasteiger partial charge in [-0.15, -0.1) is 0 Å². The third kappa shape index (κ3) is 2.46. The van der Waals surface area contributed by atoms with Crippen molar-refractivity contribution in [1.29, 1.82) is 0 Å². The highest BCUT2D eigenvalue weighted by atomic mass is 15.0. The number of nitrogens with zero attached hydrogens (tertiary/aromatic N) is 2. The Hall–Kier alpha value is -1.12. The maximum Gasteiger partial charge on any atom is 0.129 e. The molecule has 0 atom stereocenters. The van der Waals surface area contributed by atoms with Crippen LogP contribution in [0.1, 0.15) is 38.8 Å². The summed E-state index contributed by atoms with van der Waals surface area (Å²) in [6, 6.07) is 2.05. The summed E-state index contributed by atoms with van der Waals surface area (Å²) in [6.07, 6.45) is 6.61. The van der Waals surface area contributed by atoms with Crippen LogP contribution < -0.4 is 5.32 Å². The monoisotopic (exact) mass is 205 g/mol. The second-order valence-electron chi connectivity index (χ2n) is 4.46. The van der Waals surface area contributed by atoms with Crippen LogP contribution in [0.2, 0.25) is 0 Å². The van der Waals surface area contributed by atoms with Crippen LogP contribution in [0, 0.1) is 5.41 Å². The SMILES string of the molecule is CCc1cc(NCC2(CC)CC2)ncn1. The molecular formula is C12H19N3. The van der Waals surface area contributed by atoms with Crippen molar-refractivity contribution in [2.24, 2.45) is 5.41 Å². The van der Waals surface area contributed by atoms with E-state index < -0.39 is 0 Å². The van der Waals surface area contributed by atoms with Crippen molar-refractivity contribution >= 4 is 5.82 Å². The summed E-state index contributed by atoms with van der Waals surface area (Å²) in [5, 5.41) is 3.42. The molecule has 0 amide bonds. The third-order valence-corrected chi connectivity index (χ3v) is 3.44. The number of anilines is 1. The molecule has 1 aromatic heterocycles. The van der Waals surface area contributed by atoms with Crippen LogP contribution in [0.3, 0.4) is 0 Å². The van der Waals surface area contributed by atoms with Crippen LogP contribution in [-0.2, 0) is 6.42 Å². The van der Waals surface area contributed by atoms with Crippen molar-refractivity contribution in [1.82, 2.24) is 9.97 Å². The predicted octanol–water partition coefficient (Wildman–Crippen LogP) is 2.64. The minimum atomic E-state index is 0.567. The first-order chi connectivity index (χ1) is 7.28. The van der Waals surface area contributed by atoms with Crippen LogP contribution in [-0.4, -0.2) is 16.5 Å². The van der Waals surface area contributed by atoms with E-state index in [9.17, 15) is 0 Å². The molecule has 0 aromatic carbocycles. The fraction of sp³-hybridized carbons (Fsp3) is 0.667. The van der Waals surface area contributed by atoms with E-state index in [0.717, 1.165) is 24.5 Å². The van der Waals surface area contributed by atoms with E-state index in [-0.39, 0.29) is 0 Å². The smallest absolute Gasteiger partial charge is 0.129 e. The lowest BCUT2D eigenvalue weighted by molar-refractivity contribution is 0.520. The van der Waals surface area contributed by atoms with E-state index in [4.69, 9.17) is 0 Å². The lowest BCUT2D eigenvalue weighted by atomic mass is 10.0. The van der Waals surface area contributed by atoms with Crippen molar-refractivity contribution in [3.8, 4) is 0 Å². The van der Waals surface area contributed by atoms with Crippen LogP contribution >= 0.6 is 0 Å². The Labute approximate surface area is 91.3 Å². The standard InChI is InChI=1S/C12H19N3/c1-3-10-7-11(15-9-14-10)13-8-12(4-2)5-6-12/h7,9H,3-6,8H2,1-2H3,(H,13,14,15). The highest BCUT2D eigenvalue weighted by Gasteiger charge is 2.40. The number of rotatable bonds is 5. The van der Waals surface area contributed by atoms with E-state index in [1.165, 1.54) is 19.3 Å². The minimum absolute atomic E-state index is 0.567. The van der Waals surface area contributed by atoms with Crippen LogP contribution in [0.15, 0.2) is 12.4 Å². The first-order valence-electron chi connectivity index (χ1n) is 5.83. The lowest BCUT2D eigenvalue weighted by Crippen LogP contribution is -2.15. The Kier molecular flexibility index (Phi) is 2.89. The molecule has 1 heterocycles. The van der Waals surface area contributed by atoms with Gasteiger partial charge in [-0.3, -0.25) is 0 Å². The largest absolute Gasteiger partial charge is 0.369 e. The summed E-state index contributed by atoms with van der Waals surface area (Å²) in [5.41, 5.74) is 1.67. The predicted molar refractivity (Wildman–Crippen MR) is 61.9 cm³/mol. The van der Waals surface area contributed by atoms with Gasteiger partial charge in [-0.1, -0.05) is 13.8 Å². The number of aryl methyl sites for hydroxylation is 1. The van der Waals surface area contributed by atoms with Gasteiger partial charge in [-0.05, 0) is 31.1 Å². The molecule has 0 spiro atoms. The summed E-state index contributed by atoms with van der Waals surface area (Å²) in [6.45, 7) is 5.44. The molecule has 1 saturated carbocycles. The van der Waals surface area contributed by atoms with E-state index in [0.29, 0.717) is 5.41 Å². The molecule has 15 heavy (non-hydrogen) atoms. The topological polar surface area (TPSA) is 37.8 Å². The number of hydrogen-bond donors (Lipinski definition) is 1. The van der Waals surface area contributed by atoms with Crippen molar-refractivity contribution in [3.63, 3.8) is 0 Å². The lowest BCUT2D eigenvalue weighted by Gasteiger charge is -2.13. The quantitative estimate of drug-likeness (QED) is 0.803. The molecule has 1 aromatic rings. The summed E-state index contributed by atoms with van der Waals surface area (Å²) >= 11 is 0. The summed E-state index contributed by atoms with van der Waals surface area (Å²) < 4.78 is 0. The Bertz CT molecular complexity index is 331. The molecule has 3 heteroatoms. The molecule has 0 radical (unpaired) electrons. The maximum absolute atomic E-state index is 4.23. The van der Waals surface area contributed by atoms with Crippen molar-refractivity contribution < 1.29 is 0 Å². The van der Waals surface area contributed by atoms with Crippen molar-refractivity contribution in [2.75, 3.05) is 11.9 Å². The Morgan fingerprint density at radius 2 is 2.13 bits per heavy atom.